The maximum Gasteiger partial charge on any atom is 0.256 e. The summed E-state index contributed by atoms with van der Waals surface area (Å²) in [6.07, 6.45) is 9.37. The zero-order valence-corrected chi connectivity index (χ0v) is 17.1. The largest absolute Gasteiger partial charge is 0.341 e. The Labute approximate surface area is 172 Å². The minimum absolute atomic E-state index is 0.126. The van der Waals surface area contributed by atoms with Crippen LogP contribution >= 0.6 is 0 Å². The molecule has 1 saturated heterocycles. The van der Waals surface area contributed by atoms with Crippen molar-refractivity contribution in [3.05, 3.63) is 35.6 Å². The normalized spacial score (nSPS) is 33.6. The van der Waals surface area contributed by atoms with Crippen molar-refractivity contribution in [2.45, 2.75) is 51.4 Å². The third-order valence-electron chi connectivity index (χ3n) is 7.93. The highest BCUT2D eigenvalue weighted by Crippen LogP contribution is 2.61. The van der Waals surface area contributed by atoms with E-state index in [9.17, 15) is 14.0 Å². The highest BCUT2D eigenvalue weighted by atomic mass is 19.1. The number of carbonyl (C=O) groups excluding carboxylic acids is 2. The van der Waals surface area contributed by atoms with Crippen molar-refractivity contribution in [3.8, 4) is 0 Å². The van der Waals surface area contributed by atoms with Crippen LogP contribution in [0.4, 0.5) is 4.39 Å². The second-order valence-electron chi connectivity index (χ2n) is 10.1. The quantitative estimate of drug-likeness (QED) is 0.769. The number of halogens is 1. The van der Waals surface area contributed by atoms with E-state index in [-0.39, 0.29) is 22.8 Å². The number of rotatable bonds is 3. The zero-order chi connectivity index (χ0) is 20.0. The molecule has 4 saturated carbocycles. The van der Waals surface area contributed by atoms with Crippen molar-refractivity contribution >= 4 is 11.8 Å². The summed E-state index contributed by atoms with van der Waals surface area (Å²) in [6.45, 7) is 2.33. The summed E-state index contributed by atoms with van der Waals surface area (Å²) in [5, 5.41) is 0. The zero-order valence-electron chi connectivity index (χ0n) is 17.1. The Morgan fingerprint density at radius 2 is 1.48 bits per heavy atom. The first-order valence-electron chi connectivity index (χ1n) is 11.3. The molecule has 6 rings (SSSR count). The van der Waals surface area contributed by atoms with Crippen molar-refractivity contribution in [1.29, 1.82) is 0 Å². The minimum Gasteiger partial charge on any atom is -0.341 e. The average molecular weight is 399 g/mol. The third kappa shape index (κ3) is 3.69. The average Bonchev–Trinajstić information content (AvgIpc) is 2.93. The van der Waals surface area contributed by atoms with Crippen LogP contribution in [0.25, 0.3) is 0 Å². The third-order valence-corrected chi connectivity index (χ3v) is 7.93. The second kappa shape index (κ2) is 7.41. The number of amides is 2. The van der Waals surface area contributed by atoms with Crippen molar-refractivity contribution < 1.29 is 14.0 Å². The van der Waals surface area contributed by atoms with Gasteiger partial charge in [0.15, 0.2) is 0 Å². The van der Waals surface area contributed by atoms with Crippen LogP contribution in [0, 0.1) is 29.0 Å². The highest BCUT2D eigenvalue weighted by molar-refractivity contribution is 5.94. The number of carbonyl (C=O) groups is 2. The first-order chi connectivity index (χ1) is 14.0. The van der Waals surface area contributed by atoms with Crippen LogP contribution in [-0.2, 0) is 4.79 Å². The van der Waals surface area contributed by atoms with Gasteiger partial charge in [-0.3, -0.25) is 9.59 Å². The van der Waals surface area contributed by atoms with Gasteiger partial charge < -0.3 is 9.80 Å². The molecule has 5 aliphatic rings. The van der Waals surface area contributed by atoms with Gasteiger partial charge in [-0.1, -0.05) is 12.1 Å². The lowest BCUT2D eigenvalue weighted by atomic mass is 9.49. The monoisotopic (exact) mass is 398 g/mol. The van der Waals surface area contributed by atoms with Gasteiger partial charge in [-0.2, -0.15) is 0 Å². The molecule has 4 bridgehead atoms. The number of hydrogen-bond donors (Lipinski definition) is 0. The molecule has 2 amide bonds. The molecular weight excluding hydrogens is 367 g/mol. The van der Waals surface area contributed by atoms with E-state index in [0.29, 0.717) is 32.6 Å². The molecule has 1 aromatic rings. The van der Waals surface area contributed by atoms with Crippen LogP contribution in [0.5, 0.6) is 0 Å². The maximum absolute atomic E-state index is 14.0. The fourth-order valence-corrected chi connectivity index (χ4v) is 7.11. The second-order valence-corrected chi connectivity index (χ2v) is 10.1. The first kappa shape index (κ1) is 19.1. The molecule has 4 aliphatic carbocycles. The Hall–Kier alpha value is -1.91. The summed E-state index contributed by atoms with van der Waals surface area (Å²) in [7, 11) is 0. The fraction of sp³-hybridized carbons (Fsp3) is 0.667. The minimum atomic E-state index is -0.475. The van der Waals surface area contributed by atoms with E-state index < -0.39 is 5.82 Å². The van der Waals surface area contributed by atoms with Crippen LogP contribution in [0.2, 0.25) is 0 Å². The fourth-order valence-electron chi connectivity index (χ4n) is 7.11. The van der Waals surface area contributed by atoms with Gasteiger partial charge in [0, 0.05) is 32.6 Å². The van der Waals surface area contributed by atoms with Gasteiger partial charge in [0.2, 0.25) is 5.91 Å². The van der Waals surface area contributed by atoms with Gasteiger partial charge in [-0.15, -0.1) is 0 Å². The van der Waals surface area contributed by atoms with Gasteiger partial charge in [0.05, 0.1) is 5.56 Å². The Bertz CT molecular complexity index is 773. The Balaban J connectivity index is 1.21. The van der Waals surface area contributed by atoms with Gasteiger partial charge in [0.1, 0.15) is 5.82 Å². The SMILES string of the molecule is O=C(CC12CC3CC(CC(C3)C1)C2)N1CCCN(C(=O)c2ccccc2F)CC1. The van der Waals surface area contributed by atoms with E-state index >= 15 is 0 Å². The van der Waals surface area contributed by atoms with E-state index in [1.807, 2.05) is 4.90 Å². The highest BCUT2D eigenvalue weighted by Gasteiger charge is 2.51. The number of nitrogens with zero attached hydrogens (tertiary/aromatic N) is 2. The molecule has 5 fully saturated rings. The summed E-state index contributed by atoms with van der Waals surface area (Å²) in [4.78, 5) is 29.6. The molecule has 4 nitrogen and oxygen atoms in total. The lowest BCUT2D eigenvalue weighted by Gasteiger charge is -2.57. The molecule has 0 aromatic heterocycles. The molecule has 0 N–H and O–H groups in total. The summed E-state index contributed by atoms with van der Waals surface area (Å²) < 4.78 is 14.0. The lowest BCUT2D eigenvalue weighted by molar-refractivity contribution is -0.139. The molecule has 0 radical (unpaired) electrons. The Morgan fingerprint density at radius 3 is 2.14 bits per heavy atom. The standard InChI is InChI=1S/C24H31FN2O2/c25-21-5-2-1-4-20(21)23(29)27-7-3-6-26(8-9-27)22(28)16-24-13-17-10-18(14-24)12-19(11-17)15-24/h1-2,4-5,17-19H,3,6-16H2. The van der Waals surface area contributed by atoms with Gasteiger partial charge in [-0.25, -0.2) is 4.39 Å². The maximum atomic E-state index is 14.0. The van der Waals surface area contributed by atoms with E-state index in [1.165, 1.54) is 44.6 Å². The van der Waals surface area contributed by atoms with E-state index in [4.69, 9.17) is 0 Å². The predicted molar refractivity (Wildman–Crippen MR) is 109 cm³/mol. The van der Waals surface area contributed by atoms with Gasteiger partial charge in [0.25, 0.3) is 5.91 Å². The van der Waals surface area contributed by atoms with Crippen LogP contribution in [0.1, 0.15) is 61.7 Å². The molecule has 1 aromatic carbocycles. The number of hydrogen-bond acceptors (Lipinski definition) is 2. The smallest absolute Gasteiger partial charge is 0.256 e. The van der Waals surface area contributed by atoms with E-state index in [0.717, 1.165) is 24.2 Å². The van der Waals surface area contributed by atoms with Crippen molar-refractivity contribution in [1.82, 2.24) is 9.80 Å². The van der Waals surface area contributed by atoms with Crippen LogP contribution in [-0.4, -0.2) is 47.8 Å². The topological polar surface area (TPSA) is 40.6 Å². The molecule has 156 valence electrons. The predicted octanol–water partition coefficient (Wildman–Crippen LogP) is 4.11. The van der Waals surface area contributed by atoms with Crippen molar-refractivity contribution in [3.63, 3.8) is 0 Å². The summed E-state index contributed by atoms with van der Waals surface area (Å²) in [5.74, 6) is 2.09. The van der Waals surface area contributed by atoms with Crippen LogP contribution in [0.15, 0.2) is 24.3 Å². The Morgan fingerprint density at radius 1 is 0.897 bits per heavy atom. The van der Waals surface area contributed by atoms with Crippen molar-refractivity contribution in [2.24, 2.45) is 23.2 Å². The summed E-state index contributed by atoms with van der Waals surface area (Å²) in [5.41, 5.74) is 0.377. The molecule has 1 heterocycles. The number of benzene rings is 1. The molecule has 1 aliphatic heterocycles. The van der Waals surface area contributed by atoms with Gasteiger partial charge >= 0.3 is 0 Å². The molecule has 5 heteroatoms. The van der Waals surface area contributed by atoms with E-state index in [1.54, 1.807) is 23.1 Å². The summed E-state index contributed by atoms with van der Waals surface area (Å²) >= 11 is 0. The summed E-state index contributed by atoms with van der Waals surface area (Å²) in [6, 6.07) is 6.15. The first-order valence-corrected chi connectivity index (χ1v) is 11.3. The van der Waals surface area contributed by atoms with E-state index in [2.05, 4.69) is 0 Å². The van der Waals surface area contributed by atoms with Crippen LogP contribution in [0.3, 0.4) is 0 Å². The molecule has 0 unspecified atom stereocenters. The molecular formula is C24H31FN2O2. The lowest BCUT2D eigenvalue weighted by Crippen LogP contribution is -2.48. The molecule has 29 heavy (non-hydrogen) atoms. The Kier molecular flexibility index (Phi) is 4.87. The van der Waals surface area contributed by atoms with Gasteiger partial charge in [-0.05, 0) is 80.2 Å². The molecule has 0 spiro atoms. The molecule has 0 atom stereocenters. The van der Waals surface area contributed by atoms with Crippen LogP contribution < -0.4 is 0 Å². The van der Waals surface area contributed by atoms with Crippen molar-refractivity contribution in [2.75, 3.05) is 26.2 Å².